The smallest absolute Gasteiger partial charge is 0.227 e. The number of guanidine groups is 1. The van der Waals surface area contributed by atoms with Gasteiger partial charge in [0.15, 0.2) is 5.96 Å². The zero-order valence-electron chi connectivity index (χ0n) is 16.6. The zero-order chi connectivity index (χ0) is 19.8. The predicted octanol–water partition coefficient (Wildman–Crippen LogP) is 3.79. The lowest BCUT2D eigenvalue weighted by molar-refractivity contribution is -0.117. The van der Waals surface area contributed by atoms with Gasteiger partial charge >= 0.3 is 0 Å². The molecule has 1 aliphatic rings. The van der Waals surface area contributed by atoms with Crippen LogP contribution in [0.5, 0.6) is 0 Å². The number of nitrogens with zero attached hydrogens (tertiary/aromatic N) is 2. The lowest BCUT2D eigenvalue weighted by atomic mass is 10.2. The summed E-state index contributed by atoms with van der Waals surface area (Å²) >= 11 is 1.74. The monoisotopic (exact) mass is 396 g/mol. The second-order valence-corrected chi connectivity index (χ2v) is 7.59. The van der Waals surface area contributed by atoms with E-state index in [9.17, 15) is 4.79 Å². The van der Waals surface area contributed by atoms with Gasteiger partial charge in [-0.15, -0.1) is 11.8 Å². The molecule has 0 radical (unpaired) electrons. The van der Waals surface area contributed by atoms with Crippen molar-refractivity contribution in [3.8, 4) is 0 Å². The molecule has 0 unspecified atom stereocenters. The van der Waals surface area contributed by atoms with Crippen LogP contribution in [0, 0.1) is 0 Å². The fraction of sp³-hybridized carbons (Fsp3) is 0.364. The molecule has 0 bridgehead atoms. The third-order valence-corrected chi connectivity index (χ3v) is 5.45. The summed E-state index contributed by atoms with van der Waals surface area (Å²) in [6.45, 7) is 5.02. The van der Waals surface area contributed by atoms with Crippen molar-refractivity contribution >= 4 is 29.3 Å². The number of carbonyl (C=O) groups excluding carboxylic acids is 1. The summed E-state index contributed by atoms with van der Waals surface area (Å²) in [4.78, 5) is 19.7. The molecule has 1 saturated heterocycles. The molecule has 0 saturated carbocycles. The maximum atomic E-state index is 11.9. The maximum Gasteiger partial charge on any atom is 0.227 e. The Morgan fingerprint density at radius 2 is 1.79 bits per heavy atom. The van der Waals surface area contributed by atoms with E-state index in [1.165, 1.54) is 10.5 Å². The van der Waals surface area contributed by atoms with Gasteiger partial charge in [0, 0.05) is 36.6 Å². The summed E-state index contributed by atoms with van der Waals surface area (Å²) in [5.41, 5.74) is 3.33. The van der Waals surface area contributed by atoms with Crippen LogP contribution in [0.4, 0.5) is 5.69 Å². The Balaban J connectivity index is 1.57. The molecule has 0 atom stereocenters. The SMILES string of the molecule is CCNC(=NCc1ccc(SC)cc1)NCc1ccc(N2CCCC2=O)cc1. The van der Waals surface area contributed by atoms with Gasteiger partial charge in [0.25, 0.3) is 0 Å². The molecule has 3 rings (SSSR count). The van der Waals surface area contributed by atoms with E-state index in [1.54, 1.807) is 11.8 Å². The molecule has 148 valence electrons. The number of benzene rings is 2. The summed E-state index contributed by atoms with van der Waals surface area (Å²) in [6, 6.07) is 16.7. The molecule has 1 heterocycles. The van der Waals surface area contributed by atoms with Crippen LogP contribution in [0.25, 0.3) is 0 Å². The quantitative estimate of drug-likeness (QED) is 0.425. The standard InChI is InChI=1S/C22H28N4OS/c1-3-23-22(25-16-18-8-12-20(28-2)13-9-18)24-15-17-6-10-19(11-7-17)26-14-4-5-21(26)27/h6-13H,3-5,14-16H2,1-2H3,(H2,23,24,25). The average Bonchev–Trinajstić information content (AvgIpc) is 3.16. The van der Waals surface area contributed by atoms with Crippen LogP contribution in [0.2, 0.25) is 0 Å². The Kier molecular flexibility index (Phi) is 7.37. The molecule has 5 nitrogen and oxygen atoms in total. The fourth-order valence-electron chi connectivity index (χ4n) is 3.14. The number of nitrogens with one attached hydrogen (secondary N) is 2. The second-order valence-electron chi connectivity index (χ2n) is 6.71. The van der Waals surface area contributed by atoms with Gasteiger partial charge in [-0.1, -0.05) is 24.3 Å². The van der Waals surface area contributed by atoms with Crippen molar-refractivity contribution in [1.29, 1.82) is 0 Å². The van der Waals surface area contributed by atoms with E-state index in [0.717, 1.165) is 36.7 Å². The molecule has 28 heavy (non-hydrogen) atoms. The minimum absolute atomic E-state index is 0.220. The van der Waals surface area contributed by atoms with Crippen LogP contribution >= 0.6 is 11.8 Å². The van der Waals surface area contributed by atoms with E-state index in [0.29, 0.717) is 19.5 Å². The molecule has 1 fully saturated rings. The largest absolute Gasteiger partial charge is 0.357 e. The highest BCUT2D eigenvalue weighted by molar-refractivity contribution is 7.98. The molecule has 1 amide bonds. The second kappa shape index (κ2) is 10.2. The number of hydrogen-bond donors (Lipinski definition) is 2. The Morgan fingerprint density at radius 1 is 1.07 bits per heavy atom. The average molecular weight is 397 g/mol. The third-order valence-electron chi connectivity index (χ3n) is 4.70. The van der Waals surface area contributed by atoms with Crippen LogP contribution in [0.15, 0.2) is 58.4 Å². The van der Waals surface area contributed by atoms with Gasteiger partial charge in [-0.3, -0.25) is 4.79 Å². The predicted molar refractivity (Wildman–Crippen MR) is 118 cm³/mol. The number of rotatable bonds is 7. The van der Waals surface area contributed by atoms with Gasteiger partial charge in [-0.2, -0.15) is 0 Å². The maximum absolute atomic E-state index is 11.9. The number of carbonyl (C=O) groups is 1. The number of thioether (sulfide) groups is 1. The Bertz CT molecular complexity index is 802. The number of amides is 1. The highest BCUT2D eigenvalue weighted by Gasteiger charge is 2.21. The molecular formula is C22H28N4OS. The summed E-state index contributed by atoms with van der Waals surface area (Å²) in [5.74, 6) is 1.02. The van der Waals surface area contributed by atoms with Gasteiger partial charge in [-0.25, -0.2) is 4.99 Å². The molecule has 0 aromatic heterocycles. The molecule has 2 aromatic carbocycles. The van der Waals surface area contributed by atoms with Crippen molar-refractivity contribution in [3.05, 3.63) is 59.7 Å². The first-order valence-corrected chi connectivity index (χ1v) is 11.0. The van der Waals surface area contributed by atoms with Crippen LogP contribution in [0.3, 0.4) is 0 Å². The fourth-order valence-corrected chi connectivity index (χ4v) is 3.55. The lowest BCUT2D eigenvalue weighted by Gasteiger charge is -2.16. The summed E-state index contributed by atoms with van der Waals surface area (Å²) < 4.78 is 0. The first-order valence-electron chi connectivity index (χ1n) is 9.74. The van der Waals surface area contributed by atoms with Crippen LogP contribution in [-0.2, 0) is 17.9 Å². The summed E-state index contributed by atoms with van der Waals surface area (Å²) in [6.07, 6.45) is 3.69. The van der Waals surface area contributed by atoms with E-state index in [4.69, 9.17) is 0 Å². The molecule has 2 N–H and O–H groups in total. The van der Waals surface area contributed by atoms with E-state index in [2.05, 4.69) is 65.2 Å². The molecule has 6 heteroatoms. The first-order chi connectivity index (χ1) is 13.7. The van der Waals surface area contributed by atoms with Gasteiger partial charge in [0.1, 0.15) is 0 Å². The van der Waals surface area contributed by atoms with Crippen molar-refractivity contribution in [1.82, 2.24) is 10.6 Å². The Labute approximate surface area is 171 Å². The van der Waals surface area contributed by atoms with Crippen LogP contribution < -0.4 is 15.5 Å². The minimum atomic E-state index is 0.220. The molecule has 1 aliphatic heterocycles. The zero-order valence-corrected chi connectivity index (χ0v) is 17.4. The number of hydrogen-bond acceptors (Lipinski definition) is 3. The lowest BCUT2D eigenvalue weighted by Crippen LogP contribution is -2.36. The van der Waals surface area contributed by atoms with E-state index < -0.39 is 0 Å². The van der Waals surface area contributed by atoms with Crippen LogP contribution in [-0.4, -0.2) is 31.2 Å². The van der Waals surface area contributed by atoms with Crippen molar-refractivity contribution in [2.45, 2.75) is 37.8 Å². The van der Waals surface area contributed by atoms with E-state index in [1.807, 2.05) is 17.0 Å². The van der Waals surface area contributed by atoms with Crippen molar-refractivity contribution in [2.75, 3.05) is 24.2 Å². The van der Waals surface area contributed by atoms with Gasteiger partial charge < -0.3 is 15.5 Å². The van der Waals surface area contributed by atoms with Crippen molar-refractivity contribution in [2.24, 2.45) is 4.99 Å². The third kappa shape index (κ3) is 5.52. The van der Waals surface area contributed by atoms with Crippen LogP contribution in [0.1, 0.15) is 30.9 Å². The summed E-state index contributed by atoms with van der Waals surface area (Å²) in [5, 5.41) is 6.67. The highest BCUT2D eigenvalue weighted by atomic mass is 32.2. The first kappa shape index (κ1) is 20.3. The topological polar surface area (TPSA) is 56.7 Å². The van der Waals surface area contributed by atoms with Gasteiger partial charge in [0.2, 0.25) is 5.91 Å². The van der Waals surface area contributed by atoms with Gasteiger partial charge in [0.05, 0.1) is 6.54 Å². The molecule has 0 spiro atoms. The number of aliphatic imine (C=N–C) groups is 1. The highest BCUT2D eigenvalue weighted by Crippen LogP contribution is 2.21. The molecule has 0 aliphatic carbocycles. The number of anilines is 1. The normalized spacial score (nSPS) is 14.4. The van der Waals surface area contributed by atoms with E-state index >= 15 is 0 Å². The van der Waals surface area contributed by atoms with Crippen molar-refractivity contribution < 1.29 is 4.79 Å². The Hall–Kier alpha value is -2.47. The molecular weight excluding hydrogens is 368 g/mol. The van der Waals surface area contributed by atoms with Gasteiger partial charge in [-0.05, 0) is 55.0 Å². The minimum Gasteiger partial charge on any atom is -0.357 e. The Morgan fingerprint density at radius 3 is 2.39 bits per heavy atom. The van der Waals surface area contributed by atoms with Crippen molar-refractivity contribution in [3.63, 3.8) is 0 Å². The molecule has 2 aromatic rings. The summed E-state index contributed by atoms with van der Waals surface area (Å²) in [7, 11) is 0. The van der Waals surface area contributed by atoms with E-state index in [-0.39, 0.29) is 5.91 Å².